The minimum atomic E-state index is -0.396. The number of hydrogen-bond donors (Lipinski definition) is 1. The minimum absolute atomic E-state index is 0.00479. The number of aromatic nitrogens is 3. The summed E-state index contributed by atoms with van der Waals surface area (Å²) in [7, 11) is 1.32. The lowest BCUT2D eigenvalue weighted by molar-refractivity contribution is -0.141. The van der Waals surface area contributed by atoms with Crippen molar-refractivity contribution in [3.05, 3.63) is 30.5 Å². The molecular formula is C11H12N4O2. The molecule has 0 aliphatic rings. The van der Waals surface area contributed by atoms with Crippen LogP contribution in [0.15, 0.2) is 30.5 Å². The quantitative estimate of drug-likeness (QED) is 0.787. The van der Waals surface area contributed by atoms with E-state index in [2.05, 4.69) is 14.8 Å². The Morgan fingerprint density at radius 3 is 2.94 bits per heavy atom. The fourth-order valence-electron chi connectivity index (χ4n) is 1.38. The van der Waals surface area contributed by atoms with E-state index in [-0.39, 0.29) is 6.54 Å². The number of carbonyl (C=O) groups is 1. The topological polar surface area (TPSA) is 83.0 Å². The van der Waals surface area contributed by atoms with Crippen LogP contribution in [0.5, 0.6) is 0 Å². The molecule has 0 amide bonds. The zero-order valence-corrected chi connectivity index (χ0v) is 9.33. The van der Waals surface area contributed by atoms with Gasteiger partial charge in [0.05, 0.1) is 12.8 Å². The molecule has 0 saturated carbocycles. The molecule has 0 atom stereocenters. The van der Waals surface area contributed by atoms with Gasteiger partial charge in [0.1, 0.15) is 18.1 Å². The van der Waals surface area contributed by atoms with E-state index in [0.717, 1.165) is 0 Å². The zero-order valence-electron chi connectivity index (χ0n) is 9.33. The van der Waals surface area contributed by atoms with Crippen LogP contribution in [0.25, 0.3) is 11.4 Å². The molecule has 17 heavy (non-hydrogen) atoms. The van der Waals surface area contributed by atoms with E-state index >= 15 is 0 Å². The van der Waals surface area contributed by atoms with Gasteiger partial charge in [0.25, 0.3) is 0 Å². The van der Waals surface area contributed by atoms with E-state index in [1.165, 1.54) is 11.8 Å². The normalized spacial score (nSPS) is 10.2. The molecule has 2 aromatic heterocycles. The lowest BCUT2D eigenvalue weighted by atomic mass is 10.3. The van der Waals surface area contributed by atoms with Crippen LogP contribution in [0.2, 0.25) is 0 Å². The Morgan fingerprint density at radius 1 is 1.47 bits per heavy atom. The van der Waals surface area contributed by atoms with Crippen LogP contribution in [0.4, 0.5) is 5.82 Å². The highest BCUT2D eigenvalue weighted by Gasteiger charge is 2.10. The molecular weight excluding hydrogens is 220 g/mol. The maximum Gasteiger partial charge on any atom is 0.327 e. The molecule has 0 aliphatic carbocycles. The smallest absolute Gasteiger partial charge is 0.327 e. The van der Waals surface area contributed by atoms with Crippen LogP contribution in [-0.2, 0) is 16.1 Å². The first-order valence-electron chi connectivity index (χ1n) is 5.02. The summed E-state index contributed by atoms with van der Waals surface area (Å²) in [5, 5.41) is 4.20. The van der Waals surface area contributed by atoms with Gasteiger partial charge in [-0.3, -0.25) is 9.78 Å². The van der Waals surface area contributed by atoms with Crippen LogP contribution in [0.3, 0.4) is 0 Å². The van der Waals surface area contributed by atoms with Gasteiger partial charge in [-0.05, 0) is 12.1 Å². The molecule has 0 bridgehead atoms. The van der Waals surface area contributed by atoms with E-state index in [1.807, 2.05) is 18.2 Å². The third kappa shape index (κ3) is 2.41. The standard InChI is InChI=1S/C11H12N4O2/c1-17-11(16)7-15-10(12)6-9(14-15)8-4-2-3-5-13-8/h2-6H,7,12H2,1H3. The Hall–Kier alpha value is -2.37. The Morgan fingerprint density at radius 2 is 2.29 bits per heavy atom. The highest BCUT2D eigenvalue weighted by atomic mass is 16.5. The Bertz CT molecular complexity index is 522. The van der Waals surface area contributed by atoms with Gasteiger partial charge >= 0.3 is 5.97 Å². The van der Waals surface area contributed by atoms with Crippen molar-refractivity contribution < 1.29 is 9.53 Å². The Kier molecular flexibility index (Phi) is 3.04. The summed E-state index contributed by atoms with van der Waals surface area (Å²) in [6.45, 7) is -0.00479. The molecule has 88 valence electrons. The van der Waals surface area contributed by atoms with Gasteiger partial charge in [-0.2, -0.15) is 5.10 Å². The second-order valence-corrected chi connectivity index (χ2v) is 3.40. The summed E-state index contributed by atoms with van der Waals surface area (Å²) in [5.41, 5.74) is 7.09. The number of methoxy groups -OCH3 is 1. The molecule has 0 saturated heterocycles. The number of nitrogen functional groups attached to an aromatic ring is 1. The highest BCUT2D eigenvalue weighted by molar-refractivity contribution is 5.70. The monoisotopic (exact) mass is 232 g/mol. The number of ether oxygens (including phenoxy) is 1. The van der Waals surface area contributed by atoms with Crippen molar-refractivity contribution in [3.63, 3.8) is 0 Å². The molecule has 2 N–H and O–H groups in total. The second kappa shape index (κ2) is 4.65. The summed E-state index contributed by atoms with van der Waals surface area (Å²) in [6, 6.07) is 7.17. The molecule has 0 fully saturated rings. The van der Waals surface area contributed by atoms with E-state index in [1.54, 1.807) is 12.3 Å². The highest BCUT2D eigenvalue weighted by Crippen LogP contribution is 2.17. The zero-order chi connectivity index (χ0) is 12.3. The van der Waals surface area contributed by atoms with Gasteiger partial charge in [0.15, 0.2) is 0 Å². The Labute approximate surface area is 98.0 Å². The number of anilines is 1. The average molecular weight is 232 g/mol. The summed E-state index contributed by atoms with van der Waals surface area (Å²) in [5.74, 6) is 0.00317. The van der Waals surface area contributed by atoms with E-state index in [0.29, 0.717) is 17.2 Å². The molecule has 0 aliphatic heterocycles. The van der Waals surface area contributed by atoms with Crippen LogP contribution in [-0.4, -0.2) is 27.8 Å². The first kappa shape index (κ1) is 11.1. The Balaban J connectivity index is 2.28. The number of esters is 1. The molecule has 2 heterocycles. The third-order valence-corrected chi connectivity index (χ3v) is 2.24. The van der Waals surface area contributed by atoms with E-state index in [4.69, 9.17) is 5.73 Å². The van der Waals surface area contributed by atoms with E-state index < -0.39 is 5.97 Å². The maximum absolute atomic E-state index is 11.1. The number of nitrogens with zero attached hydrogens (tertiary/aromatic N) is 3. The van der Waals surface area contributed by atoms with Crippen LogP contribution < -0.4 is 5.73 Å². The SMILES string of the molecule is COC(=O)Cn1nc(-c2ccccn2)cc1N. The predicted molar refractivity (Wildman–Crippen MR) is 61.9 cm³/mol. The molecule has 0 aromatic carbocycles. The minimum Gasteiger partial charge on any atom is -0.468 e. The summed E-state index contributed by atoms with van der Waals surface area (Å²) < 4.78 is 5.94. The lowest BCUT2D eigenvalue weighted by Gasteiger charge is -2.01. The molecule has 6 nitrogen and oxygen atoms in total. The lowest BCUT2D eigenvalue weighted by Crippen LogP contribution is -2.14. The molecule has 0 radical (unpaired) electrons. The van der Waals surface area contributed by atoms with E-state index in [9.17, 15) is 4.79 Å². The first-order chi connectivity index (χ1) is 8.20. The van der Waals surface area contributed by atoms with Crippen molar-refractivity contribution in [1.82, 2.24) is 14.8 Å². The van der Waals surface area contributed by atoms with Crippen molar-refractivity contribution in [2.75, 3.05) is 12.8 Å². The summed E-state index contributed by atoms with van der Waals surface area (Å²) >= 11 is 0. The van der Waals surface area contributed by atoms with Crippen molar-refractivity contribution in [1.29, 1.82) is 0 Å². The molecule has 2 aromatic rings. The van der Waals surface area contributed by atoms with Crippen molar-refractivity contribution >= 4 is 11.8 Å². The molecule has 0 unspecified atom stereocenters. The predicted octanol–water partition coefficient (Wildman–Crippen LogP) is 0.700. The second-order valence-electron chi connectivity index (χ2n) is 3.40. The van der Waals surface area contributed by atoms with Gasteiger partial charge in [-0.1, -0.05) is 6.07 Å². The van der Waals surface area contributed by atoms with Crippen LogP contribution in [0, 0.1) is 0 Å². The van der Waals surface area contributed by atoms with Gasteiger partial charge < -0.3 is 10.5 Å². The fourth-order valence-corrected chi connectivity index (χ4v) is 1.38. The molecule has 0 spiro atoms. The number of carbonyl (C=O) groups excluding carboxylic acids is 1. The van der Waals surface area contributed by atoms with Crippen molar-refractivity contribution in [2.45, 2.75) is 6.54 Å². The summed E-state index contributed by atoms with van der Waals surface area (Å²) in [4.78, 5) is 15.3. The van der Waals surface area contributed by atoms with Crippen molar-refractivity contribution in [2.24, 2.45) is 0 Å². The molecule has 2 rings (SSSR count). The molecule has 6 heteroatoms. The number of pyridine rings is 1. The van der Waals surface area contributed by atoms with Crippen LogP contribution in [0.1, 0.15) is 0 Å². The average Bonchev–Trinajstić information content (AvgIpc) is 2.72. The fraction of sp³-hybridized carbons (Fsp3) is 0.182. The third-order valence-electron chi connectivity index (χ3n) is 2.24. The van der Waals surface area contributed by atoms with Gasteiger partial charge in [-0.15, -0.1) is 0 Å². The van der Waals surface area contributed by atoms with Crippen LogP contribution >= 0.6 is 0 Å². The maximum atomic E-state index is 11.1. The van der Waals surface area contributed by atoms with Gasteiger partial charge in [0.2, 0.25) is 0 Å². The van der Waals surface area contributed by atoms with Gasteiger partial charge in [0, 0.05) is 12.3 Å². The van der Waals surface area contributed by atoms with Gasteiger partial charge in [-0.25, -0.2) is 4.68 Å². The number of hydrogen-bond acceptors (Lipinski definition) is 5. The largest absolute Gasteiger partial charge is 0.468 e. The number of nitrogens with two attached hydrogens (primary N) is 1. The first-order valence-corrected chi connectivity index (χ1v) is 5.02. The summed E-state index contributed by atoms with van der Waals surface area (Å²) in [6.07, 6.45) is 1.67. The van der Waals surface area contributed by atoms with Crippen molar-refractivity contribution in [3.8, 4) is 11.4 Å². The number of rotatable bonds is 3.